The molecule has 0 aliphatic carbocycles. The molecule has 0 spiro atoms. The van der Waals surface area contributed by atoms with Gasteiger partial charge >= 0.3 is 0 Å². The number of carbonyl (C=O) groups is 1. The van der Waals surface area contributed by atoms with Gasteiger partial charge in [0.25, 0.3) is 0 Å². The summed E-state index contributed by atoms with van der Waals surface area (Å²) in [5.74, 6) is 1.27. The largest absolute Gasteiger partial charge is 0.440 e. The minimum Gasteiger partial charge on any atom is -0.440 e. The minimum atomic E-state index is -3.03. The first-order valence-corrected chi connectivity index (χ1v) is 11.8. The molecule has 3 aromatic rings. The number of aryl methyl sites for hydroxylation is 1. The predicted molar refractivity (Wildman–Crippen MR) is 116 cm³/mol. The van der Waals surface area contributed by atoms with Crippen LogP contribution < -0.4 is 0 Å². The number of benzene rings is 2. The average molecular weight is 425 g/mol. The van der Waals surface area contributed by atoms with E-state index < -0.39 is 9.84 Å². The van der Waals surface area contributed by atoms with Gasteiger partial charge in [0.1, 0.15) is 5.69 Å². The van der Waals surface area contributed by atoms with E-state index in [1.165, 1.54) is 0 Å². The summed E-state index contributed by atoms with van der Waals surface area (Å²) in [5.41, 5.74) is 2.63. The number of hydrogen-bond acceptors (Lipinski definition) is 5. The van der Waals surface area contributed by atoms with Gasteiger partial charge in [-0.15, -0.1) is 0 Å². The third-order valence-corrected chi connectivity index (χ3v) is 7.21. The lowest BCUT2D eigenvalue weighted by Gasteiger charge is -2.23. The van der Waals surface area contributed by atoms with Crippen molar-refractivity contribution in [3.8, 4) is 22.6 Å². The first kappa shape index (κ1) is 20.3. The Balaban J connectivity index is 1.52. The molecule has 30 heavy (non-hydrogen) atoms. The number of carbonyl (C=O) groups excluding carboxylic acids is 1. The van der Waals surface area contributed by atoms with Crippen LogP contribution in [0.1, 0.15) is 18.7 Å². The Morgan fingerprint density at radius 3 is 2.30 bits per heavy atom. The van der Waals surface area contributed by atoms with Crippen molar-refractivity contribution in [3.63, 3.8) is 0 Å². The van der Waals surface area contributed by atoms with Gasteiger partial charge in [-0.3, -0.25) is 4.79 Å². The number of nitrogens with zero attached hydrogens (tertiary/aromatic N) is 2. The Labute approximate surface area is 176 Å². The van der Waals surface area contributed by atoms with Gasteiger partial charge in [0, 0.05) is 37.1 Å². The van der Waals surface area contributed by atoms with Crippen LogP contribution in [0, 0.1) is 0 Å². The van der Waals surface area contributed by atoms with E-state index in [9.17, 15) is 13.2 Å². The Bertz CT molecular complexity index is 1070. The Morgan fingerprint density at radius 1 is 1.07 bits per heavy atom. The molecule has 6 nitrogen and oxygen atoms in total. The van der Waals surface area contributed by atoms with E-state index in [1.54, 1.807) is 11.9 Å². The van der Waals surface area contributed by atoms with E-state index >= 15 is 0 Å². The molecule has 1 aromatic heterocycles. The Hall–Kier alpha value is -2.93. The Morgan fingerprint density at radius 2 is 1.70 bits per heavy atom. The van der Waals surface area contributed by atoms with Gasteiger partial charge in [-0.2, -0.15) is 0 Å². The van der Waals surface area contributed by atoms with E-state index in [4.69, 9.17) is 4.42 Å². The van der Waals surface area contributed by atoms with Crippen LogP contribution in [-0.4, -0.2) is 48.8 Å². The molecule has 2 aromatic carbocycles. The predicted octanol–water partition coefficient (Wildman–Crippen LogP) is 3.59. The monoisotopic (exact) mass is 424 g/mol. The number of sulfone groups is 1. The fourth-order valence-corrected chi connectivity index (χ4v) is 5.50. The lowest BCUT2D eigenvalue weighted by atomic mass is 10.1. The van der Waals surface area contributed by atoms with Crippen LogP contribution in [0.4, 0.5) is 0 Å². The van der Waals surface area contributed by atoms with Gasteiger partial charge in [0.15, 0.2) is 21.5 Å². The van der Waals surface area contributed by atoms with E-state index in [1.807, 2.05) is 60.7 Å². The average Bonchev–Trinajstić information content (AvgIpc) is 3.36. The molecule has 156 valence electrons. The zero-order chi connectivity index (χ0) is 21.1. The van der Waals surface area contributed by atoms with Gasteiger partial charge in [0.05, 0.1) is 11.5 Å². The summed E-state index contributed by atoms with van der Waals surface area (Å²) in [6.45, 7) is 0. The zero-order valence-electron chi connectivity index (χ0n) is 16.8. The maximum absolute atomic E-state index is 12.6. The third-order valence-electron chi connectivity index (χ3n) is 5.46. The molecule has 2 heterocycles. The van der Waals surface area contributed by atoms with Crippen LogP contribution in [0.15, 0.2) is 65.1 Å². The smallest absolute Gasteiger partial charge is 0.223 e. The van der Waals surface area contributed by atoms with Gasteiger partial charge in [0.2, 0.25) is 5.91 Å². The molecular weight excluding hydrogens is 400 g/mol. The third kappa shape index (κ3) is 4.46. The topological polar surface area (TPSA) is 80.5 Å². The summed E-state index contributed by atoms with van der Waals surface area (Å²) in [7, 11) is -1.35. The van der Waals surface area contributed by atoms with E-state index in [2.05, 4.69) is 4.98 Å². The highest BCUT2D eigenvalue weighted by atomic mass is 32.2. The van der Waals surface area contributed by atoms with Crippen molar-refractivity contribution in [2.45, 2.75) is 25.3 Å². The summed E-state index contributed by atoms with van der Waals surface area (Å²) in [6, 6.07) is 19.3. The van der Waals surface area contributed by atoms with Gasteiger partial charge < -0.3 is 9.32 Å². The van der Waals surface area contributed by atoms with Crippen molar-refractivity contribution in [3.05, 3.63) is 66.6 Å². The summed E-state index contributed by atoms with van der Waals surface area (Å²) in [5, 5.41) is 0. The molecule has 0 radical (unpaired) electrons. The van der Waals surface area contributed by atoms with Gasteiger partial charge in [-0.05, 0) is 6.42 Å². The highest BCUT2D eigenvalue weighted by Gasteiger charge is 2.32. The van der Waals surface area contributed by atoms with Gasteiger partial charge in [-0.1, -0.05) is 60.7 Å². The van der Waals surface area contributed by atoms with Crippen LogP contribution >= 0.6 is 0 Å². The van der Waals surface area contributed by atoms with Crippen molar-refractivity contribution < 1.29 is 17.6 Å². The van der Waals surface area contributed by atoms with E-state index in [-0.39, 0.29) is 29.9 Å². The summed E-state index contributed by atoms with van der Waals surface area (Å²) >= 11 is 0. The van der Waals surface area contributed by atoms with Crippen molar-refractivity contribution in [2.24, 2.45) is 0 Å². The van der Waals surface area contributed by atoms with Gasteiger partial charge in [-0.25, -0.2) is 13.4 Å². The van der Waals surface area contributed by atoms with Crippen LogP contribution in [0.2, 0.25) is 0 Å². The first-order chi connectivity index (χ1) is 14.4. The van der Waals surface area contributed by atoms with Crippen molar-refractivity contribution >= 4 is 15.7 Å². The number of oxazole rings is 1. The van der Waals surface area contributed by atoms with E-state index in [0.29, 0.717) is 24.5 Å². The van der Waals surface area contributed by atoms with E-state index in [0.717, 1.165) is 16.8 Å². The first-order valence-electron chi connectivity index (χ1n) is 9.99. The molecule has 1 saturated heterocycles. The molecule has 0 bridgehead atoms. The lowest BCUT2D eigenvalue weighted by molar-refractivity contribution is -0.131. The summed E-state index contributed by atoms with van der Waals surface area (Å²) in [6.07, 6.45) is 1.07. The fourth-order valence-electron chi connectivity index (χ4n) is 3.72. The summed E-state index contributed by atoms with van der Waals surface area (Å²) in [4.78, 5) is 18.8. The minimum absolute atomic E-state index is 0.0462. The number of amides is 1. The molecule has 0 unspecified atom stereocenters. The number of hydrogen-bond donors (Lipinski definition) is 0. The Kier molecular flexibility index (Phi) is 5.72. The molecule has 4 rings (SSSR count). The van der Waals surface area contributed by atoms with Crippen molar-refractivity contribution in [1.29, 1.82) is 0 Å². The van der Waals surface area contributed by atoms with Crippen LogP contribution in [0.5, 0.6) is 0 Å². The molecule has 0 saturated carbocycles. The van der Waals surface area contributed by atoms with Crippen molar-refractivity contribution in [1.82, 2.24) is 9.88 Å². The van der Waals surface area contributed by atoms with Crippen LogP contribution in [-0.2, 0) is 21.1 Å². The number of rotatable bonds is 6. The quantitative estimate of drug-likeness (QED) is 0.604. The fraction of sp³-hybridized carbons (Fsp3) is 0.304. The molecule has 0 N–H and O–H groups in total. The molecule has 1 fully saturated rings. The summed E-state index contributed by atoms with van der Waals surface area (Å²) < 4.78 is 29.5. The second-order valence-corrected chi connectivity index (χ2v) is 9.81. The SMILES string of the molecule is CN(C(=O)CCc1nc(-c2ccccc2)c(-c2ccccc2)o1)[C@H]1CCS(=O)(=O)C1. The standard InChI is InChI=1S/C23H24N2O4S/c1-25(19-14-15-30(27,28)16-19)21(26)13-12-20-24-22(17-8-4-2-5-9-17)23(29-20)18-10-6-3-7-11-18/h2-11,19H,12-16H2,1H3/t19-/m0/s1. The number of aromatic nitrogens is 1. The second kappa shape index (κ2) is 8.44. The second-order valence-electron chi connectivity index (χ2n) is 7.58. The normalized spacial score (nSPS) is 17.7. The zero-order valence-corrected chi connectivity index (χ0v) is 17.6. The highest BCUT2D eigenvalue weighted by molar-refractivity contribution is 7.91. The molecule has 1 amide bonds. The molecule has 1 atom stereocenters. The lowest BCUT2D eigenvalue weighted by Crippen LogP contribution is -2.37. The highest BCUT2D eigenvalue weighted by Crippen LogP contribution is 2.33. The molecule has 1 aliphatic rings. The molecule has 1 aliphatic heterocycles. The van der Waals surface area contributed by atoms with Crippen LogP contribution in [0.25, 0.3) is 22.6 Å². The van der Waals surface area contributed by atoms with Crippen LogP contribution in [0.3, 0.4) is 0 Å². The molecule has 7 heteroatoms. The maximum atomic E-state index is 12.6. The van der Waals surface area contributed by atoms with Crippen molar-refractivity contribution in [2.75, 3.05) is 18.6 Å². The maximum Gasteiger partial charge on any atom is 0.223 e. The molecular formula is C23H24N2O4S.